The molecule has 0 saturated carbocycles. The normalized spacial score (nSPS) is 12.3. The van der Waals surface area contributed by atoms with Crippen LogP contribution in [-0.2, 0) is 11.4 Å². The van der Waals surface area contributed by atoms with Crippen molar-refractivity contribution >= 4 is 0 Å². The topological polar surface area (TPSA) is 21.3 Å². The van der Waals surface area contributed by atoms with Crippen LogP contribution in [0.15, 0.2) is 60.7 Å². The van der Waals surface area contributed by atoms with E-state index in [4.69, 9.17) is 4.84 Å². The molecule has 0 saturated heterocycles. The number of rotatable bonds is 7. The molecule has 0 aliphatic rings. The van der Waals surface area contributed by atoms with E-state index in [1.165, 1.54) is 11.1 Å². The van der Waals surface area contributed by atoms with E-state index in [9.17, 15) is 0 Å². The molecule has 0 amide bonds. The highest BCUT2D eigenvalue weighted by molar-refractivity contribution is 5.18. The first kappa shape index (κ1) is 13.8. The number of benzene rings is 2. The van der Waals surface area contributed by atoms with Crippen LogP contribution in [0.3, 0.4) is 0 Å². The van der Waals surface area contributed by atoms with Gasteiger partial charge in [-0.15, -0.1) is 0 Å². The van der Waals surface area contributed by atoms with Crippen LogP contribution < -0.4 is 5.48 Å². The summed E-state index contributed by atoms with van der Waals surface area (Å²) in [6.07, 6.45) is 2.19. The van der Waals surface area contributed by atoms with E-state index in [1.54, 1.807) is 0 Å². The van der Waals surface area contributed by atoms with Gasteiger partial charge in [-0.2, -0.15) is 5.48 Å². The molecule has 2 rings (SSSR count). The lowest BCUT2D eigenvalue weighted by Gasteiger charge is -2.18. The zero-order chi connectivity index (χ0) is 13.3. The van der Waals surface area contributed by atoms with E-state index in [-0.39, 0.29) is 6.04 Å². The molecule has 0 bridgehead atoms. The Balaban J connectivity index is 1.87. The van der Waals surface area contributed by atoms with Gasteiger partial charge in [0.1, 0.15) is 0 Å². The molecule has 1 atom stereocenters. The highest BCUT2D eigenvalue weighted by atomic mass is 16.6. The summed E-state index contributed by atoms with van der Waals surface area (Å²) in [6.45, 7) is 2.78. The van der Waals surface area contributed by atoms with Gasteiger partial charge in [-0.3, -0.25) is 4.84 Å². The average Bonchev–Trinajstić information content (AvgIpc) is 2.48. The van der Waals surface area contributed by atoms with Crippen LogP contribution in [0.5, 0.6) is 0 Å². The predicted molar refractivity (Wildman–Crippen MR) is 78.5 cm³/mol. The van der Waals surface area contributed by atoms with Gasteiger partial charge in [0, 0.05) is 0 Å². The molecule has 100 valence electrons. The Hall–Kier alpha value is -1.64. The Morgan fingerprint density at radius 3 is 2.21 bits per heavy atom. The first-order chi connectivity index (χ1) is 9.40. The third-order valence-electron chi connectivity index (χ3n) is 3.09. The van der Waals surface area contributed by atoms with Gasteiger partial charge in [0.25, 0.3) is 0 Å². The fourth-order valence-corrected chi connectivity index (χ4v) is 2.07. The molecule has 19 heavy (non-hydrogen) atoms. The van der Waals surface area contributed by atoms with Crippen molar-refractivity contribution in [3.8, 4) is 0 Å². The second-order valence-electron chi connectivity index (χ2n) is 4.64. The monoisotopic (exact) mass is 255 g/mol. The van der Waals surface area contributed by atoms with E-state index in [2.05, 4.69) is 48.8 Å². The van der Waals surface area contributed by atoms with Crippen LogP contribution in [-0.4, -0.2) is 0 Å². The summed E-state index contributed by atoms with van der Waals surface area (Å²) >= 11 is 0. The van der Waals surface area contributed by atoms with Gasteiger partial charge in [-0.05, 0) is 17.5 Å². The minimum absolute atomic E-state index is 0.259. The van der Waals surface area contributed by atoms with Crippen LogP contribution in [0.1, 0.15) is 36.9 Å². The number of hydrogen-bond donors (Lipinski definition) is 1. The SMILES string of the molecule is CCCC(NOCc1ccccc1)c1ccccc1. The largest absolute Gasteiger partial charge is 0.296 e. The molecule has 2 heteroatoms. The molecule has 2 aromatic rings. The Bertz CT molecular complexity index is 455. The van der Waals surface area contributed by atoms with Crippen molar-refractivity contribution in [1.82, 2.24) is 5.48 Å². The van der Waals surface area contributed by atoms with Crippen LogP contribution in [0.25, 0.3) is 0 Å². The quantitative estimate of drug-likeness (QED) is 0.747. The van der Waals surface area contributed by atoms with Crippen molar-refractivity contribution in [2.45, 2.75) is 32.4 Å². The molecule has 2 nitrogen and oxygen atoms in total. The minimum atomic E-state index is 0.259. The van der Waals surface area contributed by atoms with E-state index in [0.717, 1.165) is 12.8 Å². The highest BCUT2D eigenvalue weighted by Crippen LogP contribution is 2.18. The van der Waals surface area contributed by atoms with Crippen LogP contribution in [0.2, 0.25) is 0 Å². The lowest BCUT2D eigenvalue weighted by Crippen LogP contribution is -2.21. The zero-order valence-electron chi connectivity index (χ0n) is 11.4. The van der Waals surface area contributed by atoms with Crippen LogP contribution in [0, 0.1) is 0 Å². The molecule has 0 aliphatic carbocycles. The summed E-state index contributed by atoms with van der Waals surface area (Å²) in [7, 11) is 0. The summed E-state index contributed by atoms with van der Waals surface area (Å²) in [4.78, 5) is 5.64. The summed E-state index contributed by atoms with van der Waals surface area (Å²) in [5, 5.41) is 0. The van der Waals surface area contributed by atoms with Gasteiger partial charge in [0.2, 0.25) is 0 Å². The molecular weight excluding hydrogens is 234 g/mol. The molecule has 0 spiro atoms. The van der Waals surface area contributed by atoms with Crippen LogP contribution >= 0.6 is 0 Å². The fourth-order valence-electron chi connectivity index (χ4n) is 2.07. The Morgan fingerprint density at radius 1 is 0.947 bits per heavy atom. The number of hydrogen-bond acceptors (Lipinski definition) is 2. The fraction of sp³-hybridized carbons (Fsp3) is 0.294. The second-order valence-corrected chi connectivity index (χ2v) is 4.64. The summed E-state index contributed by atoms with van der Waals surface area (Å²) < 4.78 is 0. The van der Waals surface area contributed by atoms with Crippen molar-refractivity contribution in [3.63, 3.8) is 0 Å². The molecule has 0 heterocycles. The zero-order valence-corrected chi connectivity index (χ0v) is 11.4. The highest BCUT2D eigenvalue weighted by Gasteiger charge is 2.09. The van der Waals surface area contributed by atoms with Gasteiger partial charge >= 0.3 is 0 Å². The third kappa shape index (κ3) is 4.51. The standard InChI is InChI=1S/C17H21NO/c1-2-9-17(16-12-7-4-8-13-16)18-19-14-15-10-5-3-6-11-15/h3-8,10-13,17-18H,2,9,14H2,1H3. The van der Waals surface area contributed by atoms with Gasteiger partial charge in [-0.1, -0.05) is 74.0 Å². The molecular formula is C17H21NO. The smallest absolute Gasteiger partial charge is 0.0933 e. The minimum Gasteiger partial charge on any atom is -0.296 e. The second kappa shape index (κ2) is 7.72. The van der Waals surface area contributed by atoms with Crippen molar-refractivity contribution < 1.29 is 4.84 Å². The molecule has 0 aliphatic heterocycles. The molecule has 2 aromatic carbocycles. The van der Waals surface area contributed by atoms with Crippen molar-refractivity contribution in [2.75, 3.05) is 0 Å². The Morgan fingerprint density at radius 2 is 1.58 bits per heavy atom. The third-order valence-corrected chi connectivity index (χ3v) is 3.09. The molecule has 0 fully saturated rings. The van der Waals surface area contributed by atoms with Gasteiger partial charge in [-0.25, -0.2) is 0 Å². The maximum Gasteiger partial charge on any atom is 0.0933 e. The van der Waals surface area contributed by atoms with E-state index in [1.807, 2.05) is 24.3 Å². The van der Waals surface area contributed by atoms with E-state index in [0.29, 0.717) is 6.61 Å². The molecule has 0 radical (unpaired) electrons. The van der Waals surface area contributed by atoms with Crippen molar-refractivity contribution in [2.24, 2.45) is 0 Å². The first-order valence-electron chi connectivity index (χ1n) is 6.86. The van der Waals surface area contributed by atoms with Gasteiger partial charge < -0.3 is 0 Å². The molecule has 0 aromatic heterocycles. The lowest BCUT2D eigenvalue weighted by atomic mass is 10.0. The van der Waals surface area contributed by atoms with Gasteiger partial charge in [0.05, 0.1) is 12.6 Å². The maximum atomic E-state index is 5.64. The Labute approximate surface area is 115 Å². The van der Waals surface area contributed by atoms with Gasteiger partial charge in [0.15, 0.2) is 0 Å². The summed E-state index contributed by atoms with van der Waals surface area (Å²) in [5.74, 6) is 0. The Kier molecular flexibility index (Phi) is 5.60. The van der Waals surface area contributed by atoms with Crippen molar-refractivity contribution in [3.05, 3.63) is 71.8 Å². The number of nitrogens with one attached hydrogen (secondary N) is 1. The lowest BCUT2D eigenvalue weighted by molar-refractivity contribution is 0.000813. The summed E-state index contributed by atoms with van der Waals surface area (Å²) in [6, 6.07) is 20.9. The average molecular weight is 255 g/mol. The van der Waals surface area contributed by atoms with E-state index >= 15 is 0 Å². The molecule has 1 N–H and O–H groups in total. The summed E-state index contributed by atoms with van der Waals surface area (Å²) in [5.41, 5.74) is 5.64. The van der Waals surface area contributed by atoms with E-state index < -0.39 is 0 Å². The van der Waals surface area contributed by atoms with Crippen LogP contribution in [0.4, 0.5) is 0 Å². The molecule has 1 unspecified atom stereocenters. The van der Waals surface area contributed by atoms with Crippen molar-refractivity contribution in [1.29, 1.82) is 0 Å². The predicted octanol–water partition coefficient (Wildman–Crippen LogP) is 4.25. The maximum absolute atomic E-state index is 5.64. The number of hydroxylamine groups is 1. The first-order valence-corrected chi connectivity index (χ1v) is 6.86.